The van der Waals surface area contributed by atoms with Crippen molar-refractivity contribution >= 4 is 0 Å². The average Bonchev–Trinajstić information content (AvgIpc) is 3.29. The van der Waals surface area contributed by atoms with Crippen LogP contribution in [0.5, 0.6) is 0 Å². The van der Waals surface area contributed by atoms with Crippen LogP contribution in [0, 0.1) is 44.8 Å². The van der Waals surface area contributed by atoms with E-state index in [-0.39, 0.29) is 53.8 Å². The lowest BCUT2D eigenvalue weighted by atomic mass is 9.33. The van der Waals surface area contributed by atoms with Gasteiger partial charge in [0.25, 0.3) is 0 Å². The Bertz CT molecular complexity index is 1660. The Morgan fingerprint density at radius 2 is 1.29 bits per heavy atom. The third-order valence-electron chi connectivity index (χ3n) is 18.8. The van der Waals surface area contributed by atoms with E-state index in [9.17, 15) is 66.4 Å². The minimum Gasteiger partial charge on any atom is -0.396 e. The summed E-state index contributed by atoms with van der Waals surface area (Å²) in [6.45, 7) is 8.76. The molecule has 382 valence electrons. The Hall–Kier alpha value is -1.02. The Morgan fingerprint density at radius 1 is 0.636 bits per heavy atom. The number of aliphatic hydroxyl groups is 13. The van der Waals surface area contributed by atoms with E-state index >= 15 is 0 Å². The van der Waals surface area contributed by atoms with Crippen LogP contribution >= 0.6 is 0 Å². The third-order valence-corrected chi connectivity index (χ3v) is 18.8. The summed E-state index contributed by atoms with van der Waals surface area (Å²) in [6.07, 6.45) is -14.6. The first kappa shape index (κ1) is 52.8. The number of ether oxygens (including phenoxy) is 6. The van der Waals surface area contributed by atoms with E-state index in [0.29, 0.717) is 38.5 Å². The largest absolute Gasteiger partial charge is 0.396 e. The first-order valence-corrected chi connectivity index (χ1v) is 24.2. The zero-order chi connectivity index (χ0) is 48.3. The highest BCUT2D eigenvalue weighted by atomic mass is 16.8. The molecule has 24 atom stereocenters. The lowest BCUT2D eigenvalue weighted by Gasteiger charge is -2.72. The maximum absolute atomic E-state index is 12.3. The normalized spacial score (nSPS) is 53.4. The Morgan fingerprint density at radius 3 is 1.94 bits per heavy atom. The molecule has 19 heteroatoms. The highest BCUT2D eigenvalue weighted by molar-refractivity contribution is 5.19. The number of hydrogen-bond donors (Lipinski definition) is 13. The minimum atomic E-state index is -1.75. The Kier molecular flexibility index (Phi) is 16.2. The molecule has 13 N–H and O–H groups in total. The van der Waals surface area contributed by atoms with Gasteiger partial charge in [0.2, 0.25) is 0 Å². The standard InChI is InChI=1S/C47H80O19/c1-23(17-48)7-6-12-47(21-51)16-15-45(4)24(39(47)60)8-9-29-43(2)13-11-30(65-42-38(35(57)33(55)27(19-50)64-42)66-40-36(58)31(53)25(52)20-61-40)44(3,28(43)10-14-46(29,45)5)22-62-41-37(59)34(56)32(54)26(18-49)63-41/h7,24-42,48-60H,6,8-22H2,1-5H3/t24-,25-,26-,27-,28-,29-,30+,31+,32-,33-,34+,35+,36-,37-,38-,39-,40+,41-,42+,43+,44+,45-,46-,47-/m1/s1. The molecule has 0 unspecified atom stereocenters. The van der Waals surface area contributed by atoms with Crippen LogP contribution < -0.4 is 0 Å². The lowest BCUT2D eigenvalue weighted by molar-refractivity contribution is -0.375. The van der Waals surface area contributed by atoms with Gasteiger partial charge in [0.1, 0.15) is 67.1 Å². The second kappa shape index (κ2) is 20.2. The fourth-order valence-electron chi connectivity index (χ4n) is 14.4. The molecule has 0 aromatic carbocycles. The maximum Gasteiger partial charge on any atom is 0.187 e. The molecule has 7 aliphatic rings. The molecule has 0 aromatic rings. The van der Waals surface area contributed by atoms with Gasteiger partial charge in [0.05, 0.1) is 51.8 Å². The highest BCUT2D eigenvalue weighted by Gasteiger charge is 2.70. The van der Waals surface area contributed by atoms with Crippen molar-refractivity contribution in [2.75, 3.05) is 39.6 Å². The molecule has 3 heterocycles. The van der Waals surface area contributed by atoms with Gasteiger partial charge in [-0.1, -0.05) is 39.3 Å². The fraction of sp³-hybridized carbons (Fsp3) is 0.957. The molecule has 0 radical (unpaired) electrons. The summed E-state index contributed by atoms with van der Waals surface area (Å²) < 4.78 is 36.8. The van der Waals surface area contributed by atoms with Gasteiger partial charge in [-0.05, 0) is 105 Å². The molecule has 0 bridgehead atoms. The van der Waals surface area contributed by atoms with Crippen molar-refractivity contribution in [2.24, 2.45) is 44.8 Å². The van der Waals surface area contributed by atoms with Gasteiger partial charge in [-0.2, -0.15) is 0 Å². The summed E-state index contributed by atoms with van der Waals surface area (Å²) in [5.41, 5.74) is -1.71. The van der Waals surface area contributed by atoms with Gasteiger partial charge >= 0.3 is 0 Å². The van der Waals surface area contributed by atoms with Gasteiger partial charge in [0.15, 0.2) is 18.9 Å². The highest BCUT2D eigenvalue weighted by Crippen LogP contribution is 2.75. The number of allylic oxidation sites excluding steroid dienone is 1. The van der Waals surface area contributed by atoms with Crippen molar-refractivity contribution in [2.45, 2.75) is 197 Å². The summed E-state index contributed by atoms with van der Waals surface area (Å²) >= 11 is 0. The van der Waals surface area contributed by atoms with E-state index in [0.717, 1.165) is 31.3 Å². The van der Waals surface area contributed by atoms with Gasteiger partial charge in [-0.25, -0.2) is 0 Å². The van der Waals surface area contributed by atoms with E-state index < -0.39 is 129 Å². The van der Waals surface area contributed by atoms with Crippen molar-refractivity contribution in [1.29, 1.82) is 0 Å². The third kappa shape index (κ3) is 8.89. The summed E-state index contributed by atoms with van der Waals surface area (Å²) in [5.74, 6) is -0.0855. The van der Waals surface area contributed by atoms with Crippen molar-refractivity contribution in [3.63, 3.8) is 0 Å². The van der Waals surface area contributed by atoms with Gasteiger partial charge in [-0.3, -0.25) is 0 Å². The zero-order valence-electron chi connectivity index (χ0n) is 39.1. The topological polar surface area (TPSA) is 318 Å². The lowest BCUT2D eigenvalue weighted by Crippen LogP contribution is -2.69. The van der Waals surface area contributed by atoms with Crippen molar-refractivity contribution in [3.8, 4) is 0 Å². The number of aliphatic hydroxyl groups excluding tert-OH is 13. The predicted octanol–water partition coefficient (Wildman–Crippen LogP) is -1.44. The maximum atomic E-state index is 12.3. The summed E-state index contributed by atoms with van der Waals surface area (Å²) in [7, 11) is 0. The van der Waals surface area contributed by atoms with Gasteiger partial charge in [0, 0.05) is 10.8 Å². The molecule has 4 aliphatic carbocycles. The van der Waals surface area contributed by atoms with E-state index in [2.05, 4.69) is 20.8 Å². The van der Waals surface area contributed by atoms with Gasteiger partial charge < -0.3 is 94.8 Å². The Balaban J connectivity index is 1.20. The van der Waals surface area contributed by atoms with Crippen LogP contribution in [0.25, 0.3) is 0 Å². The summed E-state index contributed by atoms with van der Waals surface area (Å²) in [6, 6.07) is 0. The number of fused-ring (bicyclic) bond motifs is 5. The first-order valence-electron chi connectivity index (χ1n) is 24.2. The minimum absolute atomic E-state index is 0.0412. The second-order valence-electron chi connectivity index (χ2n) is 22.1. The monoisotopic (exact) mass is 949 g/mol. The van der Waals surface area contributed by atoms with E-state index in [1.807, 2.05) is 19.9 Å². The fourth-order valence-corrected chi connectivity index (χ4v) is 14.4. The van der Waals surface area contributed by atoms with Crippen LogP contribution in [0.1, 0.15) is 98.8 Å². The summed E-state index contributed by atoms with van der Waals surface area (Å²) in [4.78, 5) is 0. The molecule has 0 spiro atoms. The zero-order valence-corrected chi connectivity index (χ0v) is 39.1. The summed E-state index contributed by atoms with van der Waals surface area (Å²) in [5, 5.41) is 139. The van der Waals surface area contributed by atoms with Crippen LogP contribution in [0.3, 0.4) is 0 Å². The molecular formula is C47H80O19. The van der Waals surface area contributed by atoms with Crippen LogP contribution in [-0.4, -0.2) is 204 Å². The molecule has 19 nitrogen and oxygen atoms in total. The predicted molar refractivity (Wildman–Crippen MR) is 230 cm³/mol. The quantitative estimate of drug-likeness (QED) is 0.0701. The SMILES string of the molecule is CC(=CCC[C@]1(CO)CC[C@]2(C)[C@H](CC[C@@H]3[C@@]4(C)CC[C@H](O[C@@H]5O[C@H](CO)[C@@H](O)[C@H](O)[C@H]5O[C@@H]5OC[C@@H](O)[C@H](O)[C@H]5O)[C@@](C)(CO[C@@H]5O[C@H](CO)[C@@H](O)[C@H](O)[C@H]5O)[C@@H]4CC[C@]32C)[C@H]1O)CO. The second-order valence-corrected chi connectivity index (χ2v) is 22.1. The van der Waals surface area contributed by atoms with Crippen LogP contribution in [0.4, 0.5) is 0 Å². The molecule has 4 saturated carbocycles. The molecule has 0 aromatic heterocycles. The average molecular weight is 949 g/mol. The van der Waals surface area contributed by atoms with Crippen molar-refractivity contribution in [1.82, 2.24) is 0 Å². The molecule has 7 rings (SSSR count). The smallest absolute Gasteiger partial charge is 0.187 e. The molecule has 3 aliphatic heterocycles. The number of hydrogen-bond acceptors (Lipinski definition) is 19. The van der Waals surface area contributed by atoms with Crippen molar-refractivity contribution < 1.29 is 94.8 Å². The van der Waals surface area contributed by atoms with Crippen LogP contribution in [-0.2, 0) is 28.4 Å². The molecule has 66 heavy (non-hydrogen) atoms. The van der Waals surface area contributed by atoms with Crippen molar-refractivity contribution in [3.05, 3.63) is 11.6 Å². The molecule has 3 saturated heterocycles. The van der Waals surface area contributed by atoms with E-state index in [1.165, 1.54) is 0 Å². The van der Waals surface area contributed by atoms with Crippen LogP contribution in [0.15, 0.2) is 11.6 Å². The first-order chi connectivity index (χ1) is 31.1. The molecular weight excluding hydrogens is 868 g/mol. The molecule has 0 amide bonds. The number of rotatable bonds is 14. The van der Waals surface area contributed by atoms with Gasteiger partial charge in [-0.15, -0.1) is 0 Å². The van der Waals surface area contributed by atoms with Crippen LogP contribution in [0.2, 0.25) is 0 Å². The Labute approximate surface area is 387 Å². The van der Waals surface area contributed by atoms with E-state index in [1.54, 1.807) is 0 Å². The molecule has 7 fully saturated rings. The van der Waals surface area contributed by atoms with E-state index in [4.69, 9.17) is 28.4 Å².